The van der Waals surface area contributed by atoms with E-state index in [0.717, 1.165) is 19.3 Å². The average molecular weight is 290 g/mol. The predicted molar refractivity (Wildman–Crippen MR) is 79.2 cm³/mol. The molecule has 0 aliphatic heterocycles. The third-order valence-corrected chi connectivity index (χ3v) is 4.30. The molecule has 3 rings (SSSR count). The smallest absolute Gasteiger partial charge is 0.298 e. The SMILES string of the molecule is CN(c1nc2c([N+](=O)[O-])cccc2o1)C1CCCC1CN. The Labute approximate surface area is 121 Å². The van der Waals surface area contributed by atoms with E-state index in [1.807, 2.05) is 11.9 Å². The van der Waals surface area contributed by atoms with Crippen molar-refractivity contribution >= 4 is 22.8 Å². The lowest BCUT2D eigenvalue weighted by molar-refractivity contribution is -0.383. The van der Waals surface area contributed by atoms with E-state index in [0.29, 0.717) is 29.6 Å². The Morgan fingerprint density at radius 1 is 1.52 bits per heavy atom. The minimum atomic E-state index is -0.438. The van der Waals surface area contributed by atoms with Crippen molar-refractivity contribution in [3.05, 3.63) is 28.3 Å². The maximum Gasteiger partial charge on any atom is 0.298 e. The van der Waals surface area contributed by atoms with E-state index in [4.69, 9.17) is 10.2 Å². The van der Waals surface area contributed by atoms with Crippen LogP contribution < -0.4 is 10.6 Å². The Bertz CT molecular complexity index is 669. The molecule has 1 aliphatic carbocycles. The molecule has 21 heavy (non-hydrogen) atoms. The van der Waals surface area contributed by atoms with Crippen LogP contribution in [-0.2, 0) is 0 Å². The molecule has 1 aliphatic rings. The highest BCUT2D eigenvalue weighted by molar-refractivity contribution is 5.84. The van der Waals surface area contributed by atoms with Crippen molar-refractivity contribution in [2.45, 2.75) is 25.3 Å². The van der Waals surface area contributed by atoms with Gasteiger partial charge in [0.1, 0.15) is 0 Å². The van der Waals surface area contributed by atoms with E-state index >= 15 is 0 Å². The van der Waals surface area contributed by atoms with Gasteiger partial charge in [0.25, 0.3) is 11.7 Å². The molecule has 1 saturated carbocycles. The van der Waals surface area contributed by atoms with Gasteiger partial charge >= 0.3 is 0 Å². The number of nitro groups is 1. The largest absolute Gasteiger partial charge is 0.423 e. The second-order valence-corrected chi connectivity index (χ2v) is 5.48. The predicted octanol–water partition coefficient (Wildman–Crippen LogP) is 2.30. The zero-order valence-electron chi connectivity index (χ0n) is 11.9. The third-order valence-electron chi connectivity index (χ3n) is 4.30. The molecule has 1 heterocycles. The Morgan fingerprint density at radius 2 is 2.33 bits per heavy atom. The number of nitrogens with two attached hydrogens (primary N) is 1. The molecule has 0 radical (unpaired) electrons. The zero-order chi connectivity index (χ0) is 15.0. The first-order chi connectivity index (χ1) is 10.1. The molecule has 0 spiro atoms. The average Bonchev–Trinajstić information content (AvgIpc) is 3.11. The molecule has 1 aromatic carbocycles. The molecule has 2 N–H and O–H groups in total. The number of hydrogen-bond donors (Lipinski definition) is 1. The fourth-order valence-corrected chi connectivity index (χ4v) is 3.16. The highest BCUT2D eigenvalue weighted by atomic mass is 16.6. The number of anilines is 1. The van der Waals surface area contributed by atoms with Crippen LogP contribution in [0.5, 0.6) is 0 Å². The van der Waals surface area contributed by atoms with Crippen LogP contribution in [0, 0.1) is 16.0 Å². The van der Waals surface area contributed by atoms with Gasteiger partial charge in [-0.05, 0) is 31.4 Å². The first-order valence-corrected chi connectivity index (χ1v) is 7.08. The van der Waals surface area contributed by atoms with Crippen LogP contribution in [0.1, 0.15) is 19.3 Å². The van der Waals surface area contributed by atoms with Gasteiger partial charge in [0.15, 0.2) is 11.1 Å². The van der Waals surface area contributed by atoms with E-state index in [2.05, 4.69) is 4.98 Å². The van der Waals surface area contributed by atoms with Gasteiger partial charge in [0.2, 0.25) is 0 Å². The van der Waals surface area contributed by atoms with Crippen molar-refractivity contribution in [1.82, 2.24) is 4.98 Å². The molecule has 7 heteroatoms. The molecule has 1 aromatic heterocycles. The molecular formula is C14H18N4O3. The van der Waals surface area contributed by atoms with E-state index in [1.165, 1.54) is 6.07 Å². The highest BCUT2D eigenvalue weighted by Gasteiger charge is 2.32. The van der Waals surface area contributed by atoms with Crippen LogP contribution >= 0.6 is 0 Å². The molecule has 2 unspecified atom stereocenters. The highest BCUT2D eigenvalue weighted by Crippen LogP contribution is 2.34. The van der Waals surface area contributed by atoms with Crippen LogP contribution in [0.2, 0.25) is 0 Å². The Balaban J connectivity index is 1.97. The number of hydrogen-bond acceptors (Lipinski definition) is 6. The van der Waals surface area contributed by atoms with Crippen molar-refractivity contribution in [3.8, 4) is 0 Å². The van der Waals surface area contributed by atoms with Crippen molar-refractivity contribution in [1.29, 1.82) is 0 Å². The summed E-state index contributed by atoms with van der Waals surface area (Å²) in [5, 5.41) is 11.0. The fraction of sp³-hybridized carbons (Fsp3) is 0.500. The van der Waals surface area contributed by atoms with E-state index in [-0.39, 0.29) is 11.7 Å². The van der Waals surface area contributed by atoms with Crippen molar-refractivity contribution in [3.63, 3.8) is 0 Å². The fourth-order valence-electron chi connectivity index (χ4n) is 3.16. The first-order valence-electron chi connectivity index (χ1n) is 7.08. The normalized spacial score (nSPS) is 21.8. The number of rotatable bonds is 4. The molecule has 1 fully saturated rings. The lowest BCUT2D eigenvalue weighted by Gasteiger charge is -2.27. The maximum absolute atomic E-state index is 11.0. The van der Waals surface area contributed by atoms with Crippen LogP contribution in [0.4, 0.5) is 11.7 Å². The van der Waals surface area contributed by atoms with Gasteiger partial charge in [0.05, 0.1) is 4.92 Å². The van der Waals surface area contributed by atoms with Crippen LogP contribution in [0.15, 0.2) is 22.6 Å². The van der Waals surface area contributed by atoms with E-state index < -0.39 is 4.92 Å². The van der Waals surface area contributed by atoms with Crippen molar-refractivity contribution in [2.75, 3.05) is 18.5 Å². The summed E-state index contributed by atoms with van der Waals surface area (Å²) in [5.41, 5.74) is 6.52. The first kappa shape index (κ1) is 13.8. The van der Waals surface area contributed by atoms with Gasteiger partial charge in [-0.3, -0.25) is 10.1 Å². The molecular weight excluding hydrogens is 272 g/mol. The van der Waals surface area contributed by atoms with Gasteiger partial charge < -0.3 is 15.1 Å². The molecule has 0 saturated heterocycles. The molecule has 112 valence electrons. The maximum atomic E-state index is 11.0. The van der Waals surface area contributed by atoms with Gasteiger partial charge in [-0.1, -0.05) is 12.5 Å². The van der Waals surface area contributed by atoms with Gasteiger partial charge in [-0.25, -0.2) is 0 Å². The van der Waals surface area contributed by atoms with Gasteiger partial charge in [0, 0.05) is 19.2 Å². The number of fused-ring (bicyclic) bond motifs is 1. The minimum Gasteiger partial charge on any atom is -0.423 e. The number of para-hydroxylation sites is 1. The van der Waals surface area contributed by atoms with Crippen LogP contribution in [-0.4, -0.2) is 29.5 Å². The molecule has 0 bridgehead atoms. The monoisotopic (exact) mass is 290 g/mol. The van der Waals surface area contributed by atoms with Gasteiger partial charge in [-0.15, -0.1) is 0 Å². The second-order valence-electron chi connectivity index (χ2n) is 5.48. The Kier molecular flexibility index (Phi) is 3.50. The van der Waals surface area contributed by atoms with Crippen molar-refractivity contribution in [2.24, 2.45) is 11.7 Å². The Hall–Kier alpha value is -2.15. The van der Waals surface area contributed by atoms with E-state index in [9.17, 15) is 10.1 Å². The summed E-state index contributed by atoms with van der Waals surface area (Å²) in [6.45, 7) is 0.634. The summed E-state index contributed by atoms with van der Waals surface area (Å²) in [5.74, 6) is 0.417. The van der Waals surface area contributed by atoms with E-state index in [1.54, 1.807) is 12.1 Å². The summed E-state index contributed by atoms with van der Waals surface area (Å²) >= 11 is 0. The molecule has 7 nitrogen and oxygen atoms in total. The summed E-state index contributed by atoms with van der Waals surface area (Å²) in [4.78, 5) is 16.9. The van der Waals surface area contributed by atoms with Crippen molar-refractivity contribution < 1.29 is 9.34 Å². The van der Waals surface area contributed by atoms with Gasteiger partial charge in [-0.2, -0.15) is 4.98 Å². The molecule has 2 atom stereocenters. The second kappa shape index (κ2) is 5.33. The quantitative estimate of drug-likeness (QED) is 0.685. The summed E-state index contributed by atoms with van der Waals surface area (Å²) in [6.07, 6.45) is 3.28. The molecule has 0 amide bonds. The number of nitro benzene ring substituents is 1. The summed E-state index contributed by atoms with van der Waals surface area (Å²) in [6, 6.07) is 5.44. The standard InChI is InChI=1S/C14H18N4O3/c1-17(10-5-2-4-9(10)8-15)14-16-13-11(18(19)20)6-3-7-12(13)21-14/h3,6-7,9-10H,2,4-5,8,15H2,1H3. The number of benzene rings is 1. The minimum absolute atomic E-state index is 0.0299. The third kappa shape index (κ3) is 2.33. The summed E-state index contributed by atoms with van der Waals surface area (Å²) < 4.78 is 5.70. The van der Waals surface area contributed by atoms with Crippen LogP contribution in [0.3, 0.4) is 0 Å². The zero-order valence-corrected chi connectivity index (χ0v) is 11.9. The molecule has 2 aromatic rings. The number of aromatic nitrogens is 1. The lowest BCUT2D eigenvalue weighted by Crippen LogP contribution is -2.37. The number of non-ortho nitro benzene ring substituents is 1. The Morgan fingerprint density at radius 3 is 3.05 bits per heavy atom. The number of nitrogens with zero attached hydrogens (tertiary/aromatic N) is 3. The lowest BCUT2D eigenvalue weighted by atomic mass is 10.0. The number of oxazole rings is 1. The summed E-state index contributed by atoms with van der Waals surface area (Å²) in [7, 11) is 1.91. The van der Waals surface area contributed by atoms with Crippen LogP contribution in [0.25, 0.3) is 11.1 Å². The topological polar surface area (TPSA) is 98.4 Å².